The molecule has 0 aliphatic rings. The predicted molar refractivity (Wildman–Crippen MR) is 75.0 cm³/mol. The van der Waals surface area contributed by atoms with Crippen molar-refractivity contribution >= 4 is 16.8 Å². The second-order valence-electron chi connectivity index (χ2n) is 4.75. The van der Waals surface area contributed by atoms with Gasteiger partial charge >= 0.3 is 0 Å². The molecule has 0 unspecified atom stereocenters. The molecule has 0 fully saturated rings. The van der Waals surface area contributed by atoms with Gasteiger partial charge in [0.15, 0.2) is 11.4 Å². The van der Waals surface area contributed by atoms with Gasteiger partial charge < -0.3 is 9.84 Å². The Morgan fingerprint density at radius 2 is 1.95 bits per heavy atom. The Balaban J connectivity index is 1.82. The van der Waals surface area contributed by atoms with Crippen molar-refractivity contribution in [2.24, 2.45) is 0 Å². The monoisotopic (exact) mass is 253 g/mol. The van der Waals surface area contributed by atoms with Gasteiger partial charge in [0.2, 0.25) is 0 Å². The van der Waals surface area contributed by atoms with Crippen LogP contribution in [0.4, 0.5) is 5.82 Å². The summed E-state index contributed by atoms with van der Waals surface area (Å²) >= 11 is 0. The van der Waals surface area contributed by atoms with E-state index in [1.54, 1.807) is 12.4 Å². The summed E-state index contributed by atoms with van der Waals surface area (Å²) in [5, 5.41) is 8.29. The van der Waals surface area contributed by atoms with Crippen LogP contribution in [0.25, 0.3) is 11.0 Å². The Kier molecular flexibility index (Phi) is 2.91. The fourth-order valence-corrected chi connectivity index (χ4v) is 2.28. The van der Waals surface area contributed by atoms with E-state index >= 15 is 0 Å². The van der Waals surface area contributed by atoms with Gasteiger partial charge in [-0.15, -0.1) is 0 Å². The number of aryl methyl sites for hydroxylation is 2. The van der Waals surface area contributed by atoms with Crippen molar-refractivity contribution in [3.63, 3.8) is 0 Å². The molecular formula is C15H15N3O. The van der Waals surface area contributed by atoms with Crippen LogP contribution in [0.2, 0.25) is 0 Å². The smallest absolute Gasteiger partial charge is 0.187 e. The molecular weight excluding hydrogens is 238 g/mol. The quantitative estimate of drug-likeness (QED) is 0.776. The fourth-order valence-electron chi connectivity index (χ4n) is 2.28. The Labute approximate surface area is 111 Å². The van der Waals surface area contributed by atoms with E-state index in [9.17, 15) is 0 Å². The number of anilines is 1. The zero-order valence-electron chi connectivity index (χ0n) is 11.0. The van der Waals surface area contributed by atoms with Crippen LogP contribution in [0.3, 0.4) is 0 Å². The van der Waals surface area contributed by atoms with Crippen molar-refractivity contribution in [3.05, 3.63) is 53.3 Å². The van der Waals surface area contributed by atoms with Crippen molar-refractivity contribution in [2.75, 3.05) is 5.32 Å². The van der Waals surface area contributed by atoms with E-state index in [4.69, 9.17) is 4.52 Å². The summed E-state index contributed by atoms with van der Waals surface area (Å²) in [7, 11) is 0. The molecule has 4 nitrogen and oxygen atoms in total. The van der Waals surface area contributed by atoms with Gasteiger partial charge in [0, 0.05) is 12.7 Å². The van der Waals surface area contributed by atoms with E-state index in [-0.39, 0.29) is 0 Å². The van der Waals surface area contributed by atoms with Crippen molar-refractivity contribution < 1.29 is 4.52 Å². The summed E-state index contributed by atoms with van der Waals surface area (Å²) in [6, 6.07) is 8.41. The van der Waals surface area contributed by atoms with Crippen LogP contribution in [0, 0.1) is 13.8 Å². The van der Waals surface area contributed by atoms with E-state index in [0.29, 0.717) is 5.58 Å². The Hall–Kier alpha value is -2.36. The highest BCUT2D eigenvalue weighted by Crippen LogP contribution is 2.21. The Morgan fingerprint density at radius 3 is 2.74 bits per heavy atom. The summed E-state index contributed by atoms with van der Waals surface area (Å²) in [4.78, 5) is 4.01. The van der Waals surface area contributed by atoms with Crippen LogP contribution in [0.5, 0.6) is 0 Å². The highest BCUT2D eigenvalue weighted by Gasteiger charge is 2.07. The summed E-state index contributed by atoms with van der Waals surface area (Å²) < 4.78 is 5.21. The third-order valence-corrected chi connectivity index (χ3v) is 3.02. The zero-order valence-corrected chi connectivity index (χ0v) is 11.0. The van der Waals surface area contributed by atoms with Crippen molar-refractivity contribution in [1.82, 2.24) is 10.1 Å². The first kappa shape index (κ1) is 11.7. The van der Waals surface area contributed by atoms with Crippen LogP contribution >= 0.6 is 0 Å². The van der Waals surface area contributed by atoms with E-state index in [1.165, 1.54) is 16.7 Å². The maximum absolute atomic E-state index is 5.21. The molecule has 3 rings (SSSR count). The lowest BCUT2D eigenvalue weighted by Crippen LogP contribution is -2.00. The number of nitrogens with one attached hydrogen (secondary N) is 1. The first-order chi connectivity index (χ1) is 9.22. The molecule has 19 heavy (non-hydrogen) atoms. The molecule has 0 atom stereocenters. The average molecular weight is 253 g/mol. The lowest BCUT2D eigenvalue weighted by molar-refractivity contribution is 0.458. The van der Waals surface area contributed by atoms with Gasteiger partial charge in [0.25, 0.3) is 0 Å². The second-order valence-corrected chi connectivity index (χ2v) is 4.75. The number of fused-ring (bicyclic) bond motifs is 1. The minimum atomic E-state index is 0.699. The topological polar surface area (TPSA) is 51.0 Å². The lowest BCUT2D eigenvalue weighted by atomic mass is 10.1. The van der Waals surface area contributed by atoms with Crippen molar-refractivity contribution in [3.8, 4) is 0 Å². The molecule has 0 amide bonds. The molecule has 0 aliphatic carbocycles. The third-order valence-electron chi connectivity index (χ3n) is 3.02. The number of nitrogens with zero attached hydrogens (tertiary/aromatic N) is 2. The molecule has 96 valence electrons. The fraction of sp³-hybridized carbons (Fsp3) is 0.200. The summed E-state index contributed by atoms with van der Waals surface area (Å²) in [6.07, 6.45) is 3.41. The molecule has 2 heterocycles. The SMILES string of the molecule is Cc1cc(C)cc(CNc2noc3cnccc23)c1. The van der Waals surface area contributed by atoms with Crippen molar-refractivity contribution in [2.45, 2.75) is 20.4 Å². The number of hydrogen-bond donors (Lipinski definition) is 1. The maximum atomic E-state index is 5.21. The van der Waals surface area contributed by atoms with E-state index < -0.39 is 0 Å². The van der Waals surface area contributed by atoms with Crippen LogP contribution in [-0.2, 0) is 6.54 Å². The third kappa shape index (κ3) is 2.42. The normalized spacial score (nSPS) is 10.8. The molecule has 0 radical (unpaired) electrons. The number of rotatable bonds is 3. The number of benzene rings is 1. The van der Waals surface area contributed by atoms with Gasteiger partial charge in [0.05, 0.1) is 11.6 Å². The summed E-state index contributed by atoms with van der Waals surface area (Å²) in [6.45, 7) is 4.94. The molecule has 2 aromatic heterocycles. The molecule has 0 bridgehead atoms. The molecule has 1 aromatic carbocycles. The number of pyridine rings is 1. The highest BCUT2D eigenvalue weighted by atomic mass is 16.5. The van der Waals surface area contributed by atoms with Gasteiger partial charge in [-0.2, -0.15) is 0 Å². The zero-order chi connectivity index (χ0) is 13.2. The molecule has 0 spiro atoms. The minimum absolute atomic E-state index is 0.699. The van der Waals surface area contributed by atoms with Gasteiger partial charge in [-0.25, -0.2) is 0 Å². The molecule has 1 N–H and O–H groups in total. The van der Waals surface area contributed by atoms with Gasteiger partial charge in [-0.1, -0.05) is 34.5 Å². The number of aromatic nitrogens is 2. The minimum Gasteiger partial charge on any atom is -0.363 e. The lowest BCUT2D eigenvalue weighted by Gasteiger charge is -2.06. The number of hydrogen-bond acceptors (Lipinski definition) is 4. The molecule has 0 saturated carbocycles. The second kappa shape index (κ2) is 4.72. The van der Waals surface area contributed by atoms with Gasteiger partial charge in [0.1, 0.15) is 0 Å². The van der Waals surface area contributed by atoms with E-state index in [2.05, 4.69) is 47.5 Å². The molecule has 3 aromatic rings. The van der Waals surface area contributed by atoms with Gasteiger partial charge in [-0.3, -0.25) is 4.98 Å². The average Bonchev–Trinajstić information content (AvgIpc) is 2.78. The Morgan fingerprint density at radius 1 is 1.16 bits per heavy atom. The van der Waals surface area contributed by atoms with Gasteiger partial charge in [-0.05, 0) is 25.5 Å². The standard InChI is InChI=1S/C15H15N3O/c1-10-5-11(2)7-12(6-10)8-17-15-13-3-4-16-9-14(13)19-18-15/h3-7,9H,8H2,1-2H3,(H,17,18). The molecule has 0 aliphatic heterocycles. The van der Waals surface area contributed by atoms with Crippen LogP contribution in [0.1, 0.15) is 16.7 Å². The Bertz CT molecular complexity index is 698. The van der Waals surface area contributed by atoms with E-state index in [0.717, 1.165) is 17.7 Å². The van der Waals surface area contributed by atoms with Crippen LogP contribution in [0.15, 0.2) is 41.2 Å². The largest absolute Gasteiger partial charge is 0.363 e. The first-order valence-electron chi connectivity index (χ1n) is 6.23. The van der Waals surface area contributed by atoms with Crippen LogP contribution < -0.4 is 5.32 Å². The maximum Gasteiger partial charge on any atom is 0.187 e. The predicted octanol–water partition coefficient (Wildman–Crippen LogP) is 3.45. The van der Waals surface area contributed by atoms with Crippen LogP contribution in [-0.4, -0.2) is 10.1 Å². The molecule has 0 saturated heterocycles. The highest BCUT2D eigenvalue weighted by molar-refractivity contribution is 5.87. The summed E-state index contributed by atoms with van der Waals surface area (Å²) in [5.41, 5.74) is 4.48. The van der Waals surface area contributed by atoms with Crippen molar-refractivity contribution in [1.29, 1.82) is 0 Å². The molecule has 4 heteroatoms. The summed E-state index contributed by atoms with van der Waals surface area (Å²) in [5.74, 6) is 0.761. The van der Waals surface area contributed by atoms with E-state index in [1.807, 2.05) is 6.07 Å². The first-order valence-corrected chi connectivity index (χ1v) is 6.23.